The molecule has 2 aromatic rings. The van der Waals surface area contributed by atoms with E-state index in [9.17, 15) is 14.3 Å². The molecule has 2 aromatic carbocycles. The van der Waals surface area contributed by atoms with Crippen LogP contribution >= 0.6 is 0 Å². The lowest BCUT2D eigenvalue weighted by Gasteiger charge is -2.18. The zero-order valence-corrected chi connectivity index (χ0v) is 17.1. The molecule has 0 fully saturated rings. The zero-order valence-electron chi connectivity index (χ0n) is 17.1. The van der Waals surface area contributed by atoms with Gasteiger partial charge in [0.25, 0.3) is 5.91 Å². The fourth-order valence-electron chi connectivity index (χ4n) is 2.71. The van der Waals surface area contributed by atoms with Gasteiger partial charge in [0, 0.05) is 25.2 Å². The Bertz CT molecular complexity index is 854. The topological polar surface area (TPSA) is 85.8 Å². The number of nitrogens with one attached hydrogen (secondary N) is 3. The quantitative estimate of drug-likeness (QED) is 0.311. The molecule has 1 unspecified atom stereocenters. The summed E-state index contributed by atoms with van der Waals surface area (Å²) in [6.45, 7) is 7.35. The lowest BCUT2D eigenvalue weighted by molar-refractivity contribution is 0.0953. The fraction of sp³-hybridized carbons (Fsp3) is 0.364. The minimum atomic E-state index is -0.232. The van der Waals surface area contributed by atoms with Crippen molar-refractivity contribution in [1.82, 2.24) is 16.0 Å². The molecule has 1 amide bonds. The van der Waals surface area contributed by atoms with Gasteiger partial charge in [0.2, 0.25) is 0 Å². The van der Waals surface area contributed by atoms with Crippen LogP contribution in [0.2, 0.25) is 0 Å². The van der Waals surface area contributed by atoms with E-state index in [-0.39, 0.29) is 23.5 Å². The van der Waals surface area contributed by atoms with E-state index in [1.54, 1.807) is 25.1 Å². The van der Waals surface area contributed by atoms with Gasteiger partial charge in [-0.05, 0) is 62.6 Å². The molecule has 0 bridgehead atoms. The lowest BCUT2D eigenvalue weighted by Crippen LogP contribution is -2.39. The van der Waals surface area contributed by atoms with Crippen LogP contribution in [-0.4, -0.2) is 36.6 Å². The van der Waals surface area contributed by atoms with Gasteiger partial charge in [-0.15, -0.1) is 0 Å². The minimum Gasteiger partial charge on any atom is -0.508 e. The summed E-state index contributed by atoms with van der Waals surface area (Å²) in [5, 5.41) is 18.7. The van der Waals surface area contributed by atoms with Gasteiger partial charge in [0.1, 0.15) is 11.6 Å². The maximum Gasteiger partial charge on any atom is 0.251 e. The summed E-state index contributed by atoms with van der Waals surface area (Å²) in [7, 11) is 0. The highest BCUT2D eigenvalue weighted by molar-refractivity contribution is 5.94. The Morgan fingerprint density at radius 1 is 1.21 bits per heavy atom. The molecule has 156 valence electrons. The summed E-state index contributed by atoms with van der Waals surface area (Å²) in [6.07, 6.45) is 0.661. The Morgan fingerprint density at radius 3 is 2.69 bits per heavy atom. The number of carbonyl (C=O) groups is 1. The summed E-state index contributed by atoms with van der Waals surface area (Å²) in [5.74, 6) is 0.247. The van der Waals surface area contributed by atoms with E-state index in [4.69, 9.17) is 0 Å². The van der Waals surface area contributed by atoms with Crippen molar-refractivity contribution in [2.24, 2.45) is 4.99 Å². The van der Waals surface area contributed by atoms with Crippen molar-refractivity contribution in [3.63, 3.8) is 0 Å². The second kappa shape index (κ2) is 11.0. The molecule has 0 aliphatic heterocycles. The fourth-order valence-corrected chi connectivity index (χ4v) is 2.71. The first-order chi connectivity index (χ1) is 13.9. The Hall–Kier alpha value is -3.09. The second-order valence-electron chi connectivity index (χ2n) is 6.80. The van der Waals surface area contributed by atoms with Gasteiger partial charge in [-0.2, -0.15) is 0 Å². The van der Waals surface area contributed by atoms with E-state index in [1.165, 1.54) is 18.2 Å². The van der Waals surface area contributed by atoms with Crippen LogP contribution in [0.15, 0.2) is 47.5 Å². The molecule has 0 aromatic heterocycles. The standard InChI is InChI=1S/C22H29FN4O2/c1-4-24-22(27-16(3)17-10-9-15(2)20(23)14-17)26-12-6-11-25-21(29)18-7-5-8-19(28)13-18/h5,7-10,13-14,16,28H,4,6,11-12H2,1-3H3,(H,25,29)(H2,24,26,27). The average Bonchev–Trinajstić information content (AvgIpc) is 2.69. The predicted molar refractivity (Wildman–Crippen MR) is 114 cm³/mol. The van der Waals surface area contributed by atoms with Gasteiger partial charge in [-0.25, -0.2) is 4.39 Å². The van der Waals surface area contributed by atoms with Gasteiger partial charge in [0.05, 0.1) is 6.04 Å². The van der Waals surface area contributed by atoms with Gasteiger partial charge < -0.3 is 21.1 Å². The molecular formula is C22H29FN4O2. The van der Waals surface area contributed by atoms with Crippen LogP contribution in [0.5, 0.6) is 5.75 Å². The van der Waals surface area contributed by atoms with E-state index in [0.29, 0.717) is 43.1 Å². The molecule has 0 spiro atoms. The summed E-state index contributed by atoms with van der Waals surface area (Å²) < 4.78 is 13.8. The molecule has 0 saturated heterocycles. The Kier molecular flexibility index (Phi) is 8.45. The smallest absolute Gasteiger partial charge is 0.251 e. The highest BCUT2D eigenvalue weighted by Gasteiger charge is 2.10. The number of phenols is 1. The first-order valence-electron chi connectivity index (χ1n) is 9.78. The van der Waals surface area contributed by atoms with Gasteiger partial charge in [0.15, 0.2) is 5.96 Å². The normalized spacial score (nSPS) is 12.3. The molecule has 2 rings (SSSR count). The highest BCUT2D eigenvalue weighted by Crippen LogP contribution is 2.16. The van der Waals surface area contributed by atoms with Crippen LogP contribution < -0.4 is 16.0 Å². The van der Waals surface area contributed by atoms with Crippen LogP contribution in [0.25, 0.3) is 0 Å². The first kappa shape index (κ1) is 22.2. The summed E-state index contributed by atoms with van der Waals surface area (Å²) in [4.78, 5) is 16.5. The molecule has 0 aliphatic rings. The lowest BCUT2D eigenvalue weighted by atomic mass is 10.1. The highest BCUT2D eigenvalue weighted by atomic mass is 19.1. The number of hydrogen-bond acceptors (Lipinski definition) is 3. The third-order valence-corrected chi connectivity index (χ3v) is 4.39. The van der Waals surface area contributed by atoms with Crippen LogP contribution in [0.1, 0.15) is 47.8 Å². The number of aromatic hydroxyl groups is 1. The van der Waals surface area contributed by atoms with E-state index >= 15 is 0 Å². The van der Waals surface area contributed by atoms with Crippen molar-refractivity contribution in [2.75, 3.05) is 19.6 Å². The third-order valence-electron chi connectivity index (χ3n) is 4.39. The monoisotopic (exact) mass is 400 g/mol. The third kappa shape index (κ3) is 7.10. The van der Waals surface area contributed by atoms with Crippen molar-refractivity contribution >= 4 is 11.9 Å². The molecule has 7 heteroatoms. The molecule has 4 N–H and O–H groups in total. The van der Waals surface area contributed by atoms with Crippen LogP contribution in [0, 0.1) is 12.7 Å². The molecule has 1 atom stereocenters. The molecule has 6 nitrogen and oxygen atoms in total. The average molecular weight is 400 g/mol. The molecule has 0 saturated carbocycles. The SMILES string of the molecule is CCNC(=NCCCNC(=O)c1cccc(O)c1)NC(C)c1ccc(C)c(F)c1. The second-order valence-corrected chi connectivity index (χ2v) is 6.80. The summed E-state index contributed by atoms with van der Waals surface area (Å²) >= 11 is 0. The minimum absolute atomic E-state index is 0.0613. The number of halogens is 1. The first-order valence-corrected chi connectivity index (χ1v) is 9.78. The number of carbonyl (C=O) groups excluding carboxylic acids is 1. The molecule has 0 heterocycles. The van der Waals surface area contributed by atoms with Crippen LogP contribution in [0.3, 0.4) is 0 Å². The van der Waals surface area contributed by atoms with Crippen molar-refractivity contribution < 1.29 is 14.3 Å². The van der Waals surface area contributed by atoms with Gasteiger partial charge in [-0.3, -0.25) is 9.79 Å². The summed E-state index contributed by atoms with van der Waals surface area (Å²) in [6, 6.07) is 11.3. The Morgan fingerprint density at radius 2 is 2.00 bits per heavy atom. The van der Waals surface area contributed by atoms with Crippen LogP contribution in [0.4, 0.5) is 4.39 Å². The number of phenolic OH excluding ortho intramolecular Hbond substituents is 1. The predicted octanol–water partition coefficient (Wildman–Crippen LogP) is 3.28. The number of benzene rings is 2. The Balaban J connectivity index is 1.83. The van der Waals surface area contributed by atoms with E-state index in [2.05, 4.69) is 20.9 Å². The zero-order chi connectivity index (χ0) is 21.2. The molecular weight excluding hydrogens is 371 g/mol. The number of aryl methyl sites for hydroxylation is 1. The van der Waals surface area contributed by atoms with Crippen LogP contribution in [-0.2, 0) is 0 Å². The summed E-state index contributed by atoms with van der Waals surface area (Å²) in [5.41, 5.74) is 1.88. The van der Waals surface area contributed by atoms with Crippen molar-refractivity contribution in [1.29, 1.82) is 0 Å². The number of guanidine groups is 1. The number of amides is 1. The Labute approximate surface area is 171 Å². The number of nitrogens with zero attached hydrogens (tertiary/aromatic N) is 1. The number of rotatable bonds is 8. The van der Waals surface area contributed by atoms with Gasteiger partial charge >= 0.3 is 0 Å². The molecule has 29 heavy (non-hydrogen) atoms. The van der Waals surface area contributed by atoms with Crippen molar-refractivity contribution in [3.8, 4) is 5.75 Å². The maximum absolute atomic E-state index is 13.8. The number of aliphatic imine (C=N–C) groups is 1. The van der Waals surface area contributed by atoms with E-state index in [1.807, 2.05) is 19.9 Å². The van der Waals surface area contributed by atoms with Crippen molar-refractivity contribution in [2.45, 2.75) is 33.2 Å². The number of hydrogen-bond donors (Lipinski definition) is 4. The van der Waals surface area contributed by atoms with E-state index < -0.39 is 0 Å². The maximum atomic E-state index is 13.8. The van der Waals surface area contributed by atoms with Gasteiger partial charge in [-0.1, -0.05) is 18.2 Å². The molecule has 0 radical (unpaired) electrons. The largest absolute Gasteiger partial charge is 0.508 e. The molecule has 0 aliphatic carbocycles. The van der Waals surface area contributed by atoms with E-state index in [0.717, 1.165) is 5.56 Å². The van der Waals surface area contributed by atoms with Crippen molar-refractivity contribution in [3.05, 3.63) is 65.0 Å².